The van der Waals surface area contributed by atoms with Gasteiger partial charge in [0.25, 0.3) is 0 Å². The van der Waals surface area contributed by atoms with Crippen LogP contribution in [0, 0.1) is 0 Å². The monoisotopic (exact) mass is 330 g/mol. The van der Waals surface area contributed by atoms with Crippen molar-refractivity contribution in [1.82, 2.24) is 14.8 Å². The standard InChI is InChI=1S/C15H14N4O3S/c1-19-14(12-6-3-7-22-12)17-18-15(19)23-9-13(21)16-10-4-2-5-11(20)8-10/h2-8,20H,9H2,1H3,(H,16,21). The van der Waals surface area contributed by atoms with Crippen LogP contribution in [0.25, 0.3) is 11.6 Å². The van der Waals surface area contributed by atoms with Gasteiger partial charge in [0.1, 0.15) is 5.75 Å². The van der Waals surface area contributed by atoms with E-state index in [2.05, 4.69) is 15.5 Å². The highest BCUT2D eigenvalue weighted by Crippen LogP contribution is 2.23. The number of hydrogen-bond donors (Lipinski definition) is 2. The van der Waals surface area contributed by atoms with E-state index >= 15 is 0 Å². The zero-order valence-electron chi connectivity index (χ0n) is 12.3. The lowest BCUT2D eigenvalue weighted by molar-refractivity contribution is -0.113. The Bertz CT molecular complexity index is 814. The number of phenolic OH excluding ortho intramolecular Hbond substituents is 1. The number of anilines is 1. The third-order valence-electron chi connectivity index (χ3n) is 3.04. The van der Waals surface area contributed by atoms with Crippen LogP contribution in [0.4, 0.5) is 5.69 Å². The number of aromatic nitrogens is 3. The first kappa shape index (κ1) is 15.2. The Morgan fingerprint density at radius 3 is 2.96 bits per heavy atom. The first-order chi connectivity index (χ1) is 11.1. The van der Waals surface area contributed by atoms with Crippen LogP contribution in [-0.2, 0) is 11.8 Å². The molecule has 0 saturated carbocycles. The molecule has 0 spiro atoms. The summed E-state index contributed by atoms with van der Waals surface area (Å²) in [6.07, 6.45) is 1.57. The second kappa shape index (κ2) is 6.57. The Morgan fingerprint density at radius 1 is 1.35 bits per heavy atom. The summed E-state index contributed by atoms with van der Waals surface area (Å²) < 4.78 is 7.06. The van der Waals surface area contributed by atoms with Crippen molar-refractivity contribution in [2.75, 3.05) is 11.1 Å². The molecule has 3 rings (SSSR count). The molecule has 1 aromatic carbocycles. The maximum Gasteiger partial charge on any atom is 0.234 e. The number of nitrogens with one attached hydrogen (secondary N) is 1. The van der Waals surface area contributed by atoms with Crippen LogP contribution in [0.2, 0.25) is 0 Å². The molecule has 2 N–H and O–H groups in total. The van der Waals surface area contributed by atoms with Gasteiger partial charge in [0, 0.05) is 18.8 Å². The SMILES string of the molecule is Cn1c(SCC(=O)Nc2cccc(O)c2)nnc1-c1ccco1. The predicted molar refractivity (Wildman–Crippen MR) is 86.2 cm³/mol. The Morgan fingerprint density at radius 2 is 2.22 bits per heavy atom. The minimum atomic E-state index is -0.192. The number of phenols is 1. The van der Waals surface area contributed by atoms with E-state index in [0.717, 1.165) is 0 Å². The lowest BCUT2D eigenvalue weighted by Gasteiger charge is -2.05. The molecule has 0 atom stereocenters. The van der Waals surface area contributed by atoms with E-state index < -0.39 is 0 Å². The van der Waals surface area contributed by atoms with Crippen LogP contribution >= 0.6 is 11.8 Å². The molecule has 0 saturated heterocycles. The van der Waals surface area contributed by atoms with Crippen molar-refractivity contribution in [2.24, 2.45) is 7.05 Å². The molecule has 7 nitrogen and oxygen atoms in total. The number of aromatic hydroxyl groups is 1. The number of carbonyl (C=O) groups is 1. The van der Waals surface area contributed by atoms with Crippen LogP contribution in [-0.4, -0.2) is 31.5 Å². The van der Waals surface area contributed by atoms with Crippen LogP contribution < -0.4 is 5.32 Å². The van der Waals surface area contributed by atoms with Crippen LogP contribution in [0.5, 0.6) is 5.75 Å². The van der Waals surface area contributed by atoms with E-state index in [4.69, 9.17) is 4.42 Å². The summed E-state index contributed by atoms with van der Waals surface area (Å²) in [5.41, 5.74) is 0.546. The Balaban J connectivity index is 1.61. The molecule has 0 fully saturated rings. The zero-order valence-corrected chi connectivity index (χ0v) is 13.1. The number of rotatable bonds is 5. The summed E-state index contributed by atoms with van der Waals surface area (Å²) in [5, 5.41) is 20.8. The van der Waals surface area contributed by atoms with Crippen molar-refractivity contribution < 1.29 is 14.3 Å². The Hall–Kier alpha value is -2.74. The van der Waals surface area contributed by atoms with Crippen molar-refractivity contribution >= 4 is 23.4 Å². The molecule has 0 bridgehead atoms. The van der Waals surface area contributed by atoms with Gasteiger partial charge in [-0.1, -0.05) is 17.8 Å². The number of hydrogen-bond acceptors (Lipinski definition) is 6. The quantitative estimate of drug-likeness (QED) is 0.698. The zero-order chi connectivity index (χ0) is 16.2. The summed E-state index contributed by atoms with van der Waals surface area (Å²) in [4.78, 5) is 12.0. The number of carbonyl (C=O) groups excluding carboxylic acids is 1. The molecule has 0 aliphatic carbocycles. The lowest BCUT2D eigenvalue weighted by atomic mass is 10.3. The molecule has 118 valence electrons. The fourth-order valence-electron chi connectivity index (χ4n) is 1.97. The predicted octanol–water partition coefficient (Wildman–Crippen LogP) is 2.51. The van der Waals surface area contributed by atoms with Crippen LogP contribution in [0.15, 0.2) is 52.2 Å². The molecule has 1 amide bonds. The van der Waals surface area contributed by atoms with Crippen molar-refractivity contribution in [1.29, 1.82) is 0 Å². The van der Waals surface area contributed by atoms with E-state index in [0.29, 0.717) is 22.4 Å². The molecule has 0 aliphatic heterocycles. The van der Waals surface area contributed by atoms with Crippen LogP contribution in [0.3, 0.4) is 0 Å². The number of thioether (sulfide) groups is 1. The molecular weight excluding hydrogens is 316 g/mol. The van der Waals surface area contributed by atoms with Crippen molar-refractivity contribution in [2.45, 2.75) is 5.16 Å². The van der Waals surface area contributed by atoms with Gasteiger partial charge in [0.05, 0.1) is 12.0 Å². The van der Waals surface area contributed by atoms with Gasteiger partial charge in [-0.25, -0.2) is 0 Å². The molecular formula is C15H14N4O3S. The van der Waals surface area contributed by atoms with Crippen LogP contribution in [0.1, 0.15) is 0 Å². The average Bonchev–Trinajstić information content (AvgIpc) is 3.15. The maximum absolute atomic E-state index is 12.0. The molecule has 0 aliphatic rings. The smallest absolute Gasteiger partial charge is 0.234 e. The summed E-state index contributed by atoms with van der Waals surface area (Å²) in [6.45, 7) is 0. The largest absolute Gasteiger partial charge is 0.508 e. The van der Waals surface area contributed by atoms with Gasteiger partial charge in [0.15, 0.2) is 16.7 Å². The fourth-order valence-corrected chi connectivity index (χ4v) is 2.68. The maximum atomic E-state index is 12.0. The van der Waals surface area contributed by atoms with Gasteiger partial charge >= 0.3 is 0 Å². The second-order valence-electron chi connectivity index (χ2n) is 4.73. The van der Waals surface area contributed by atoms with Gasteiger partial charge in [-0.05, 0) is 24.3 Å². The molecule has 3 aromatic rings. The van der Waals surface area contributed by atoms with Crippen molar-refractivity contribution in [3.63, 3.8) is 0 Å². The molecule has 2 aromatic heterocycles. The molecule has 0 radical (unpaired) electrons. The van der Waals surface area contributed by atoms with Crippen molar-refractivity contribution in [3.05, 3.63) is 42.7 Å². The summed E-state index contributed by atoms with van der Waals surface area (Å²) in [5.74, 6) is 1.32. The summed E-state index contributed by atoms with van der Waals surface area (Å²) in [7, 11) is 1.81. The summed E-state index contributed by atoms with van der Waals surface area (Å²) in [6, 6.07) is 9.97. The molecule has 8 heteroatoms. The van der Waals surface area contributed by atoms with E-state index in [-0.39, 0.29) is 17.4 Å². The summed E-state index contributed by atoms with van der Waals surface area (Å²) >= 11 is 1.27. The lowest BCUT2D eigenvalue weighted by Crippen LogP contribution is -2.14. The number of benzene rings is 1. The number of furan rings is 1. The third-order valence-corrected chi connectivity index (χ3v) is 4.06. The second-order valence-corrected chi connectivity index (χ2v) is 5.67. The van der Waals surface area contributed by atoms with Gasteiger partial charge in [-0.15, -0.1) is 10.2 Å². The third kappa shape index (κ3) is 3.54. The van der Waals surface area contributed by atoms with Gasteiger partial charge in [0.2, 0.25) is 5.91 Å². The minimum absolute atomic E-state index is 0.104. The highest BCUT2D eigenvalue weighted by molar-refractivity contribution is 7.99. The average molecular weight is 330 g/mol. The topological polar surface area (TPSA) is 93.2 Å². The van der Waals surface area contributed by atoms with E-state index in [1.807, 2.05) is 7.05 Å². The van der Waals surface area contributed by atoms with Crippen molar-refractivity contribution in [3.8, 4) is 17.3 Å². The highest BCUT2D eigenvalue weighted by atomic mass is 32.2. The normalized spacial score (nSPS) is 10.7. The molecule has 23 heavy (non-hydrogen) atoms. The van der Waals surface area contributed by atoms with Gasteiger partial charge < -0.3 is 19.4 Å². The number of nitrogens with zero attached hydrogens (tertiary/aromatic N) is 3. The Labute approximate surface area is 136 Å². The first-order valence-corrected chi connectivity index (χ1v) is 7.77. The van der Waals surface area contributed by atoms with E-state index in [9.17, 15) is 9.90 Å². The van der Waals surface area contributed by atoms with Gasteiger partial charge in [-0.3, -0.25) is 4.79 Å². The van der Waals surface area contributed by atoms with Gasteiger partial charge in [-0.2, -0.15) is 0 Å². The minimum Gasteiger partial charge on any atom is -0.508 e. The first-order valence-electron chi connectivity index (χ1n) is 6.78. The molecule has 0 unspecified atom stereocenters. The fraction of sp³-hybridized carbons (Fsp3) is 0.133. The number of amides is 1. The highest BCUT2D eigenvalue weighted by Gasteiger charge is 2.14. The van der Waals surface area contributed by atoms with E-state index in [1.165, 1.54) is 17.8 Å². The Kier molecular flexibility index (Phi) is 4.33. The molecule has 2 heterocycles. The van der Waals surface area contributed by atoms with E-state index in [1.54, 1.807) is 41.2 Å².